The second-order valence-corrected chi connectivity index (χ2v) is 1.90. The predicted molar refractivity (Wildman–Crippen MR) is 53.1 cm³/mol. The maximum Gasteiger partial charge on any atom is 0.104 e. The van der Waals surface area contributed by atoms with Crippen LogP contribution in [0.5, 0.6) is 0 Å². The monoisotopic (exact) mass is 170 g/mol. The van der Waals surface area contributed by atoms with Crippen molar-refractivity contribution in [2.24, 2.45) is 0 Å². The van der Waals surface area contributed by atoms with Crippen LogP contribution in [0.25, 0.3) is 0 Å². The van der Waals surface area contributed by atoms with E-state index in [4.69, 9.17) is 5.11 Å². The number of hydrogen-bond donors (Lipinski definition) is 1. The number of hydrogen-bond acceptors (Lipinski definition) is 1. The van der Waals surface area contributed by atoms with Gasteiger partial charge in [0, 0.05) is 0 Å². The highest BCUT2D eigenvalue weighted by atomic mass is 16.2. The van der Waals surface area contributed by atoms with Crippen molar-refractivity contribution in [1.82, 2.24) is 0 Å². The predicted octanol–water partition coefficient (Wildman–Crippen LogP) is 0.792. The van der Waals surface area contributed by atoms with E-state index in [1.54, 1.807) is 6.92 Å². The summed E-state index contributed by atoms with van der Waals surface area (Å²) in [5.41, 5.74) is 0. The second kappa shape index (κ2) is 10.2. The van der Waals surface area contributed by atoms with Crippen LogP contribution in [0.2, 0.25) is 0 Å². The molecular weight excluding hydrogens is 160 g/mol. The Kier molecular flexibility index (Phi) is 8.79. The van der Waals surface area contributed by atoms with E-state index in [0.29, 0.717) is 12.8 Å². The fraction of sp³-hybridized carbons (Fsp3) is 0.333. The minimum absolute atomic E-state index is 0.104. The lowest BCUT2D eigenvalue weighted by molar-refractivity contribution is 0.350. The highest BCUT2D eigenvalue weighted by molar-refractivity contribution is 5.27. The van der Waals surface area contributed by atoms with Crippen molar-refractivity contribution in [2.75, 3.05) is 6.61 Å². The summed E-state index contributed by atoms with van der Waals surface area (Å²) in [6.45, 7) is 1.64. The summed E-state index contributed by atoms with van der Waals surface area (Å²) in [4.78, 5) is 0. The van der Waals surface area contributed by atoms with E-state index >= 15 is 0 Å². The largest absolute Gasteiger partial charge is 0.384 e. The van der Waals surface area contributed by atoms with Crippen molar-refractivity contribution in [3.8, 4) is 47.4 Å². The first-order chi connectivity index (χ1) is 6.41. The van der Waals surface area contributed by atoms with Crippen molar-refractivity contribution < 1.29 is 5.11 Å². The lowest BCUT2D eigenvalue weighted by Crippen LogP contribution is -1.70. The van der Waals surface area contributed by atoms with Gasteiger partial charge in [0.2, 0.25) is 0 Å². The topological polar surface area (TPSA) is 20.2 Å². The van der Waals surface area contributed by atoms with Gasteiger partial charge in [-0.25, -0.2) is 0 Å². The van der Waals surface area contributed by atoms with Crippen LogP contribution in [0.15, 0.2) is 0 Å². The molecule has 0 bridgehead atoms. The molecule has 0 aromatic rings. The van der Waals surface area contributed by atoms with Gasteiger partial charge in [-0.15, -0.1) is 0 Å². The Hall–Kier alpha value is -1.80. The molecule has 0 saturated heterocycles. The number of rotatable bonds is 0. The Labute approximate surface area is 79.5 Å². The molecule has 0 aliphatic heterocycles. The van der Waals surface area contributed by atoms with E-state index in [1.807, 2.05) is 0 Å². The summed E-state index contributed by atoms with van der Waals surface area (Å²) in [6.07, 6.45) is 1.01. The summed E-state index contributed by atoms with van der Waals surface area (Å²) in [5, 5.41) is 8.31. The van der Waals surface area contributed by atoms with Crippen LogP contribution < -0.4 is 0 Å². The Morgan fingerprint density at radius 1 is 0.846 bits per heavy atom. The van der Waals surface area contributed by atoms with Gasteiger partial charge < -0.3 is 5.11 Å². The molecule has 1 nitrogen and oxygen atoms in total. The van der Waals surface area contributed by atoms with Crippen molar-refractivity contribution in [1.29, 1.82) is 0 Å². The summed E-state index contributed by atoms with van der Waals surface area (Å²) in [6, 6.07) is 0. The van der Waals surface area contributed by atoms with E-state index < -0.39 is 0 Å². The van der Waals surface area contributed by atoms with Crippen molar-refractivity contribution in [3.05, 3.63) is 0 Å². The Morgan fingerprint density at radius 2 is 1.46 bits per heavy atom. The van der Waals surface area contributed by atoms with E-state index in [1.165, 1.54) is 0 Å². The van der Waals surface area contributed by atoms with Crippen molar-refractivity contribution >= 4 is 0 Å². The van der Waals surface area contributed by atoms with Gasteiger partial charge in [-0.3, -0.25) is 0 Å². The maximum atomic E-state index is 8.31. The molecule has 0 aromatic carbocycles. The van der Waals surface area contributed by atoms with Gasteiger partial charge in [0.15, 0.2) is 0 Å². The fourth-order valence-corrected chi connectivity index (χ4v) is 0.483. The molecule has 13 heavy (non-hydrogen) atoms. The number of aliphatic hydroxyl groups excluding tert-OH is 1. The molecule has 0 rings (SSSR count). The molecule has 0 radical (unpaired) electrons. The average molecular weight is 170 g/mol. The van der Waals surface area contributed by atoms with Crippen LogP contribution in [0.4, 0.5) is 0 Å². The van der Waals surface area contributed by atoms with Crippen LogP contribution in [-0.2, 0) is 0 Å². The highest BCUT2D eigenvalue weighted by Crippen LogP contribution is 1.73. The van der Waals surface area contributed by atoms with E-state index in [-0.39, 0.29) is 6.61 Å². The van der Waals surface area contributed by atoms with Crippen molar-refractivity contribution in [2.45, 2.75) is 19.8 Å². The minimum atomic E-state index is -0.104. The van der Waals surface area contributed by atoms with Crippen LogP contribution in [0.3, 0.4) is 0 Å². The van der Waals surface area contributed by atoms with Gasteiger partial charge in [-0.05, 0) is 18.8 Å². The van der Waals surface area contributed by atoms with Gasteiger partial charge in [0.1, 0.15) is 6.61 Å². The van der Waals surface area contributed by atoms with Crippen LogP contribution in [0, 0.1) is 47.4 Å². The van der Waals surface area contributed by atoms with Gasteiger partial charge in [-0.1, -0.05) is 35.5 Å². The summed E-state index contributed by atoms with van der Waals surface area (Å²) in [7, 11) is 0. The SMILES string of the molecule is CC#CC#CCC#CCC#CCO. The summed E-state index contributed by atoms with van der Waals surface area (Å²) < 4.78 is 0. The van der Waals surface area contributed by atoms with Crippen LogP contribution in [0.1, 0.15) is 19.8 Å². The maximum absolute atomic E-state index is 8.31. The first-order valence-corrected chi connectivity index (χ1v) is 3.83. The van der Waals surface area contributed by atoms with Gasteiger partial charge in [0.25, 0.3) is 0 Å². The van der Waals surface area contributed by atoms with E-state index in [0.717, 1.165) is 0 Å². The first-order valence-electron chi connectivity index (χ1n) is 3.83. The van der Waals surface area contributed by atoms with Gasteiger partial charge >= 0.3 is 0 Å². The second-order valence-electron chi connectivity index (χ2n) is 1.90. The third-order valence-corrected chi connectivity index (χ3v) is 0.958. The third kappa shape index (κ3) is 10.2. The quantitative estimate of drug-likeness (QED) is 0.533. The molecule has 0 fully saturated rings. The third-order valence-electron chi connectivity index (χ3n) is 0.958. The van der Waals surface area contributed by atoms with Crippen LogP contribution in [-0.4, -0.2) is 11.7 Å². The summed E-state index contributed by atoms with van der Waals surface area (Å²) in [5.74, 6) is 21.5. The zero-order valence-corrected chi connectivity index (χ0v) is 7.57. The molecular formula is C12H10O. The Morgan fingerprint density at radius 3 is 2.08 bits per heavy atom. The molecule has 0 saturated carbocycles. The minimum Gasteiger partial charge on any atom is -0.384 e. The lowest BCUT2D eigenvalue weighted by atomic mass is 10.3. The van der Waals surface area contributed by atoms with E-state index in [2.05, 4.69) is 47.4 Å². The fourth-order valence-electron chi connectivity index (χ4n) is 0.483. The molecule has 0 unspecified atom stereocenters. The molecule has 0 aliphatic carbocycles. The average Bonchev–Trinajstić information content (AvgIpc) is 2.16. The zero-order chi connectivity index (χ0) is 9.78. The molecule has 64 valence electrons. The van der Waals surface area contributed by atoms with Gasteiger partial charge in [0.05, 0.1) is 12.8 Å². The molecule has 0 aliphatic rings. The zero-order valence-electron chi connectivity index (χ0n) is 7.57. The normalized spacial score (nSPS) is 5.69. The highest BCUT2D eigenvalue weighted by Gasteiger charge is 1.67. The lowest BCUT2D eigenvalue weighted by Gasteiger charge is -1.71. The number of aliphatic hydroxyl groups is 1. The molecule has 0 atom stereocenters. The Balaban J connectivity index is 3.62. The molecule has 0 spiro atoms. The molecule has 1 N–H and O–H groups in total. The smallest absolute Gasteiger partial charge is 0.104 e. The molecule has 1 heteroatoms. The summed E-state index contributed by atoms with van der Waals surface area (Å²) >= 11 is 0. The molecule has 0 amide bonds. The van der Waals surface area contributed by atoms with E-state index in [9.17, 15) is 0 Å². The van der Waals surface area contributed by atoms with Crippen molar-refractivity contribution in [3.63, 3.8) is 0 Å². The Bertz CT molecular complexity index is 360. The van der Waals surface area contributed by atoms with Crippen LogP contribution >= 0.6 is 0 Å². The standard InChI is InChI=1S/C12H10O/c1-2-3-4-5-6-7-8-9-10-11-12-13/h13H,6,9,12H2,1H3. The van der Waals surface area contributed by atoms with Gasteiger partial charge in [-0.2, -0.15) is 0 Å². The first kappa shape index (κ1) is 11.2. The molecule has 0 aromatic heterocycles. The molecule has 0 heterocycles.